The van der Waals surface area contributed by atoms with Gasteiger partial charge in [-0.25, -0.2) is 4.98 Å². The number of nitrogens with one attached hydrogen (secondary N) is 1. The van der Waals surface area contributed by atoms with Crippen LogP contribution in [0.3, 0.4) is 0 Å². The highest BCUT2D eigenvalue weighted by Crippen LogP contribution is 2.21. The molecule has 1 saturated heterocycles. The molecule has 3 heterocycles. The van der Waals surface area contributed by atoms with Gasteiger partial charge < -0.3 is 14.1 Å². The van der Waals surface area contributed by atoms with Gasteiger partial charge in [-0.3, -0.25) is 14.8 Å². The van der Waals surface area contributed by atoms with Gasteiger partial charge in [0, 0.05) is 20.1 Å². The van der Waals surface area contributed by atoms with E-state index in [0.717, 1.165) is 11.6 Å². The predicted molar refractivity (Wildman–Crippen MR) is 86.0 cm³/mol. The molecule has 0 aromatic carbocycles. The number of rotatable bonds is 5. The number of likely N-dealkylation sites (N-methyl/N-ethyl adjacent to an activating group) is 1. The Morgan fingerprint density at radius 2 is 2.42 bits per heavy atom. The Balaban J connectivity index is 1.61. The molecule has 1 fully saturated rings. The van der Waals surface area contributed by atoms with Crippen molar-refractivity contribution < 1.29 is 13.9 Å². The molecule has 1 aliphatic rings. The van der Waals surface area contributed by atoms with Crippen LogP contribution in [-0.4, -0.2) is 63.7 Å². The number of carbonyl (C=O) groups excluding carboxylic acids is 1. The minimum absolute atomic E-state index is 0.0539. The molecule has 2 aromatic heterocycles. The zero-order chi connectivity index (χ0) is 17.1. The number of hydrogen-bond acceptors (Lipinski definition) is 6. The summed E-state index contributed by atoms with van der Waals surface area (Å²) in [7, 11) is 1.79. The Morgan fingerprint density at radius 3 is 3.08 bits per heavy atom. The minimum atomic E-state index is -0.239. The maximum atomic E-state index is 12.7. The van der Waals surface area contributed by atoms with E-state index in [-0.39, 0.29) is 18.1 Å². The third kappa shape index (κ3) is 3.65. The summed E-state index contributed by atoms with van der Waals surface area (Å²) in [5.74, 6) is 2.22. The van der Waals surface area contributed by atoms with Crippen molar-refractivity contribution in [1.29, 1.82) is 0 Å². The van der Waals surface area contributed by atoms with Crippen LogP contribution in [0, 0.1) is 6.92 Å². The number of aromatic nitrogens is 3. The van der Waals surface area contributed by atoms with Crippen molar-refractivity contribution in [1.82, 2.24) is 25.0 Å². The molecule has 0 bridgehead atoms. The van der Waals surface area contributed by atoms with Crippen LogP contribution in [0.4, 0.5) is 0 Å². The first-order valence-electron chi connectivity index (χ1n) is 8.06. The Morgan fingerprint density at radius 1 is 1.58 bits per heavy atom. The molecule has 1 aliphatic heterocycles. The first-order chi connectivity index (χ1) is 11.5. The molecular formula is C16H23N5O3. The van der Waals surface area contributed by atoms with Crippen LogP contribution in [0.2, 0.25) is 0 Å². The molecule has 1 N–H and O–H groups in total. The van der Waals surface area contributed by atoms with E-state index >= 15 is 0 Å². The fourth-order valence-corrected chi connectivity index (χ4v) is 2.87. The van der Waals surface area contributed by atoms with Crippen LogP contribution >= 0.6 is 0 Å². The molecule has 2 aromatic rings. The van der Waals surface area contributed by atoms with E-state index in [0.29, 0.717) is 32.1 Å². The van der Waals surface area contributed by atoms with E-state index in [9.17, 15) is 4.79 Å². The predicted octanol–water partition coefficient (Wildman–Crippen LogP) is 1.13. The van der Waals surface area contributed by atoms with Crippen LogP contribution < -0.4 is 0 Å². The molecule has 24 heavy (non-hydrogen) atoms. The lowest BCUT2D eigenvalue weighted by Gasteiger charge is -2.36. The largest absolute Gasteiger partial charge is 0.467 e. The Kier molecular flexibility index (Phi) is 4.96. The number of hydrogen-bond donors (Lipinski definition) is 1. The topological polar surface area (TPSA) is 87.5 Å². The monoisotopic (exact) mass is 333 g/mol. The lowest BCUT2D eigenvalue weighted by atomic mass is 10.2. The van der Waals surface area contributed by atoms with Crippen molar-refractivity contribution in [2.75, 3.05) is 26.7 Å². The van der Waals surface area contributed by atoms with Gasteiger partial charge in [0.05, 0.1) is 25.5 Å². The lowest BCUT2D eigenvalue weighted by molar-refractivity contribution is -0.139. The van der Waals surface area contributed by atoms with Crippen LogP contribution in [0.5, 0.6) is 0 Å². The molecule has 0 unspecified atom stereocenters. The minimum Gasteiger partial charge on any atom is -0.467 e. The second-order valence-electron chi connectivity index (χ2n) is 6.08. The Bertz CT molecular complexity index is 669. The molecule has 0 radical (unpaired) electrons. The first kappa shape index (κ1) is 16.7. The number of morpholine rings is 1. The fourth-order valence-electron chi connectivity index (χ4n) is 2.87. The summed E-state index contributed by atoms with van der Waals surface area (Å²) in [6.45, 7) is 6.10. The number of amides is 1. The average Bonchev–Trinajstić information content (AvgIpc) is 3.25. The SMILES string of the molecule is Cc1nc([C@@H]2CN([C@@H](C)C(=O)N(C)Cc3ccco3)CCO2)n[nH]1. The molecule has 0 spiro atoms. The van der Waals surface area contributed by atoms with E-state index in [1.165, 1.54) is 0 Å². The van der Waals surface area contributed by atoms with Crippen LogP contribution in [0.25, 0.3) is 0 Å². The third-order valence-electron chi connectivity index (χ3n) is 4.25. The van der Waals surface area contributed by atoms with E-state index in [1.54, 1.807) is 18.2 Å². The summed E-state index contributed by atoms with van der Waals surface area (Å²) in [6.07, 6.45) is 1.40. The second kappa shape index (κ2) is 7.14. The zero-order valence-corrected chi connectivity index (χ0v) is 14.2. The highest BCUT2D eigenvalue weighted by molar-refractivity contribution is 5.81. The van der Waals surface area contributed by atoms with Crippen molar-refractivity contribution in [3.05, 3.63) is 35.8 Å². The van der Waals surface area contributed by atoms with Crippen molar-refractivity contribution >= 4 is 5.91 Å². The summed E-state index contributed by atoms with van der Waals surface area (Å²) in [5.41, 5.74) is 0. The molecule has 130 valence electrons. The van der Waals surface area contributed by atoms with E-state index in [2.05, 4.69) is 20.1 Å². The molecule has 8 nitrogen and oxygen atoms in total. The van der Waals surface area contributed by atoms with Gasteiger partial charge in [0.2, 0.25) is 5.91 Å². The lowest BCUT2D eigenvalue weighted by Crippen LogP contribution is -2.50. The standard InChI is InChI=1S/C16H23N5O3/c1-11(16(22)20(3)9-13-5-4-7-23-13)21-6-8-24-14(10-21)15-17-12(2)18-19-15/h4-5,7,11,14H,6,8-10H2,1-3H3,(H,17,18,19)/t11-,14-/m0/s1. The number of aromatic amines is 1. The summed E-state index contributed by atoms with van der Waals surface area (Å²) < 4.78 is 11.1. The van der Waals surface area contributed by atoms with E-state index in [1.807, 2.05) is 26.0 Å². The molecule has 8 heteroatoms. The molecule has 1 amide bonds. The number of ether oxygens (including phenoxy) is 1. The molecule has 3 rings (SSSR count). The zero-order valence-electron chi connectivity index (χ0n) is 14.2. The molecule has 2 atom stereocenters. The summed E-state index contributed by atoms with van der Waals surface area (Å²) >= 11 is 0. The third-order valence-corrected chi connectivity index (χ3v) is 4.25. The molecule has 0 saturated carbocycles. The van der Waals surface area contributed by atoms with E-state index in [4.69, 9.17) is 9.15 Å². The summed E-state index contributed by atoms with van der Waals surface area (Å²) in [4.78, 5) is 20.8. The van der Waals surface area contributed by atoms with Gasteiger partial charge in [-0.05, 0) is 26.0 Å². The fraction of sp³-hybridized carbons (Fsp3) is 0.562. The number of furan rings is 1. The Labute approximate surface area is 140 Å². The van der Waals surface area contributed by atoms with Gasteiger partial charge in [-0.15, -0.1) is 0 Å². The van der Waals surface area contributed by atoms with Gasteiger partial charge >= 0.3 is 0 Å². The molecule has 0 aliphatic carbocycles. The highest BCUT2D eigenvalue weighted by Gasteiger charge is 2.31. The highest BCUT2D eigenvalue weighted by atomic mass is 16.5. The van der Waals surface area contributed by atoms with Gasteiger partial charge in [-0.2, -0.15) is 5.10 Å². The van der Waals surface area contributed by atoms with Gasteiger partial charge in [0.25, 0.3) is 0 Å². The number of carbonyl (C=O) groups is 1. The van der Waals surface area contributed by atoms with Crippen LogP contribution in [-0.2, 0) is 16.1 Å². The Hall–Kier alpha value is -2.19. The van der Waals surface area contributed by atoms with Crippen LogP contribution in [0.1, 0.15) is 30.4 Å². The van der Waals surface area contributed by atoms with E-state index < -0.39 is 0 Å². The number of aryl methyl sites for hydroxylation is 1. The maximum absolute atomic E-state index is 12.7. The number of nitrogens with zero attached hydrogens (tertiary/aromatic N) is 4. The van der Waals surface area contributed by atoms with Crippen LogP contribution in [0.15, 0.2) is 22.8 Å². The smallest absolute Gasteiger partial charge is 0.239 e. The quantitative estimate of drug-likeness (QED) is 0.882. The average molecular weight is 333 g/mol. The second-order valence-corrected chi connectivity index (χ2v) is 6.08. The van der Waals surface area contributed by atoms with Gasteiger partial charge in [0.15, 0.2) is 5.82 Å². The van der Waals surface area contributed by atoms with Crippen molar-refractivity contribution in [3.63, 3.8) is 0 Å². The summed E-state index contributed by atoms with van der Waals surface area (Å²) in [5, 5.41) is 7.00. The molecular weight excluding hydrogens is 310 g/mol. The maximum Gasteiger partial charge on any atom is 0.239 e. The first-order valence-corrected chi connectivity index (χ1v) is 8.06. The van der Waals surface area contributed by atoms with Crippen molar-refractivity contribution in [3.8, 4) is 0 Å². The van der Waals surface area contributed by atoms with Crippen molar-refractivity contribution in [2.45, 2.75) is 32.5 Å². The normalized spacial score (nSPS) is 20.0. The number of H-pyrrole nitrogens is 1. The summed E-state index contributed by atoms with van der Waals surface area (Å²) in [6, 6.07) is 3.45. The van der Waals surface area contributed by atoms with Gasteiger partial charge in [-0.1, -0.05) is 0 Å². The van der Waals surface area contributed by atoms with Gasteiger partial charge in [0.1, 0.15) is 17.7 Å². The van der Waals surface area contributed by atoms with Crippen molar-refractivity contribution in [2.24, 2.45) is 0 Å².